The van der Waals surface area contributed by atoms with Crippen molar-refractivity contribution in [2.75, 3.05) is 0 Å². The van der Waals surface area contributed by atoms with Gasteiger partial charge in [-0.3, -0.25) is 4.79 Å². The number of benzene rings is 2. The van der Waals surface area contributed by atoms with Crippen LogP contribution < -0.4 is 5.43 Å². The van der Waals surface area contributed by atoms with E-state index < -0.39 is 5.43 Å². The first kappa shape index (κ1) is 15.4. The molecule has 3 N–H and O–H groups in total. The zero-order chi connectivity index (χ0) is 16.3. The SMILES string of the molecule is CC.O=c1cc(-c2ccc(O)cc2)oc2cc(O)cc(O)c12. The lowest BCUT2D eigenvalue weighted by molar-refractivity contribution is 0.452. The van der Waals surface area contributed by atoms with E-state index >= 15 is 0 Å². The Kier molecular flexibility index (Phi) is 4.36. The fourth-order valence-electron chi connectivity index (χ4n) is 2.02. The van der Waals surface area contributed by atoms with Crippen LogP contribution in [0.25, 0.3) is 22.3 Å². The van der Waals surface area contributed by atoms with Gasteiger partial charge in [0.1, 0.15) is 34.0 Å². The molecule has 22 heavy (non-hydrogen) atoms. The Labute approximate surface area is 126 Å². The number of hydrogen-bond donors (Lipinski definition) is 3. The number of hydrogen-bond acceptors (Lipinski definition) is 5. The molecule has 0 amide bonds. The third-order valence-electron chi connectivity index (χ3n) is 2.95. The Morgan fingerprint density at radius 1 is 0.864 bits per heavy atom. The second kappa shape index (κ2) is 6.22. The van der Waals surface area contributed by atoms with E-state index in [1.165, 1.54) is 24.3 Å². The predicted octanol–water partition coefficient (Wildman–Crippen LogP) is 3.60. The summed E-state index contributed by atoms with van der Waals surface area (Å²) in [6.07, 6.45) is 0. The Bertz CT molecular complexity index is 847. The molecular weight excluding hydrogens is 284 g/mol. The van der Waals surface area contributed by atoms with E-state index in [9.17, 15) is 20.1 Å². The minimum Gasteiger partial charge on any atom is -0.508 e. The van der Waals surface area contributed by atoms with Gasteiger partial charge in [0.15, 0.2) is 5.43 Å². The van der Waals surface area contributed by atoms with E-state index in [0.717, 1.165) is 6.07 Å². The number of rotatable bonds is 1. The summed E-state index contributed by atoms with van der Waals surface area (Å²) in [7, 11) is 0. The average Bonchev–Trinajstić information content (AvgIpc) is 2.48. The molecule has 5 heteroatoms. The van der Waals surface area contributed by atoms with Gasteiger partial charge >= 0.3 is 0 Å². The Morgan fingerprint density at radius 3 is 2.14 bits per heavy atom. The molecule has 3 aromatic rings. The Balaban J connectivity index is 0.000000847. The molecule has 3 rings (SSSR count). The molecule has 0 aliphatic heterocycles. The summed E-state index contributed by atoms with van der Waals surface area (Å²) in [5, 5.41) is 28.4. The van der Waals surface area contributed by atoms with Crippen LogP contribution in [-0.4, -0.2) is 15.3 Å². The summed E-state index contributed by atoms with van der Waals surface area (Å²) in [6, 6.07) is 9.74. The van der Waals surface area contributed by atoms with Crippen LogP contribution in [-0.2, 0) is 0 Å². The monoisotopic (exact) mass is 300 g/mol. The Morgan fingerprint density at radius 2 is 1.50 bits per heavy atom. The van der Waals surface area contributed by atoms with Crippen molar-refractivity contribution in [3.8, 4) is 28.6 Å². The van der Waals surface area contributed by atoms with Gasteiger partial charge in [0, 0.05) is 23.8 Å². The Hall–Kier alpha value is -2.95. The first-order valence-corrected chi connectivity index (χ1v) is 6.84. The zero-order valence-electron chi connectivity index (χ0n) is 12.2. The van der Waals surface area contributed by atoms with Gasteiger partial charge in [0.25, 0.3) is 0 Å². The van der Waals surface area contributed by atoms with Crippen molar-refractivity contribution in [2.45, 2.75) is 13.8 Å². The van der Waals surface area contributed by atoms with Gasteiger partial charge in [0.2, 0.25) is 0 Å². The molecule has 5 nitrogen and oxygen atoms in total. The van der Waals surface area contributed by atoms with E-state index in [2.05, 4.69) is 0 Å². The van der Waals surface area contributed by atoms with Crippen LogP contribution >= 0.6 is 0 Å². The van der Waals surface area contributed by atoms with Crippen LogP contribution in [0.3, 0.4) is 0 Å². The number of fused-ring (bicyclic) bond motifs is 1. The molecule has 0 bridgehead atoms. The topological polar surface area (TPSA) is 90.9 Å². The highest BCUT2D eigenvalue weighted by molar-refractivity contribution is 5.85. The smallest absolute Gasteiger partial charge is 0.197 e. The molecule has 0 aliphatic carbocycles. The molecule has 1 heterocycles. The number of aromatic hydroxyl groups is 3. The van der Waals surface area contributed by atoms with E-state index in [4.69, 9.17) is 4.42 Å². The highest BCUT2D eigenvalue weighted by Crippen LogP contribution is 2.30. The number of phenols is 3. The fourth-order valence-corrected chi connectivity index (χ4v) is 2.02. The van der Waals surface area contributed by atoms with Gasteiger partial charge in [-0.1, -0.05) is 13.8 Å². The fraction of sp³-hybridized carbons (Fsp3) is 0.118. The molecule has 0 saturated heterocycles. The minimum atomic E-state index is -0.410. The molecule has 1 aromatic heterocycles. The van der Waals surface area contributed by atoms with Gasteiger partial charge in [-0.15, -0.1) is 0 Å². The van der Waals surface area contributed by atoms with E-state index in [1.54, 1.807) is 12.1 Å². The lowest BCUT2D eigenvalue weighted by atomic mass is 10.1. The van der Waals surface area contributed by atoms with Crippen molar-refractivity contribution in [3.05, 3.63) is 52.7 Å². The van der Waals surface area contributed by atoms with Gasteiger partial charge < -0.3 is 19.7 Å². The third-order valence-corrected chi connectivity index (χ3v) is 2.95. The lowest BCUT2D eigenvalue weighted by Gasteiger charge is -2.05. The molecule has 0 saturated carbocycles. The van der Waals surface area contributed by atoms with Crippen LogP contribution in [0.1, 0.15) is 13.8 Å². The van der Waals surface area contributed by atoms with Crippen molar-refractivity contribution in [2.24, 2.45) is 0 Å². The molecule has 0 unspecified atom stereocenters. The minimum absolute atomic E-state index is 0.0188. The molecule has 114 valence electrons. The quantitative estimate of drug-likeness (QED) is 0.638. The molecule has 0 radical (unpaired) electrons. The molecule has 0 fully saturated rings. The van der Waals surface area contributed by atoms with Crippen molar-refractivity contribution in [1.82, 2.24) is 0 Å². The van der Waals surface area contributed by atoms with Crippen LogP contribution in [0.2, 0.25) is 0 Å². The summed E-state index contributed by atoms with van der Waals surface area (Å²) in [5.74, 6) is -0.133. The van der Waals surface area contributed by atoms with E-state index in [0.29, 0.717) is 5.56 Å². The van der Waals surface area contributed by atoms with Gasteiger partial charge in [-0.25, -0.2) is 0 Å². The van der Waals surface area contributed by atoms with Crippen molar-refractivity contribution < 1.29 is 19.7 Å². The third kappa shape index (κ3) is 2.88. The lowest BCUT2D eigenvalue weighted by Crippen LogP contribution is -2.00. The standard InChI is InChI=1S/C15H10O5.C2H6/c16-9-3-1-8(2-4-9)13-7-12(19)15-11(18)5-10(17)6-14(15)20-13;1-2/h1-7,16-18H;1-2H3. The van der Waals surface area contributed by atoms with Crippen molar-refractivity contribution in [3.63, 3.8) is 0 Å². The van der Waals surface area contributed by atoms with Gasteiger partial charge in [0.05, 0.1) is 0 Å². The highest BCUT2D eigenvalue weighted by Gasteiger charge is 2.11. The largest absolute Gasteiger partial charge is 0.508 e. The summed E-state index contributed by atoms with van der Waals surface area (Å²) >= 11 is 0. The van der Waals surface area contributed by atoms with Crippen molar-refractivity contribution in [1.29, 1.82) is 0 Å². The van der Waals surface area contributed by atoms with Crippen LogP contribution in [0.5, 0.6) is 17.2 Å². The second-order valence-electron chi connectivity index (χ2n) is 4.36. The average molecular weight is 300 g/mol. The normalized spacial score (nSPS) is 10.1. The maximum absolute atomic E-state index is 12.0. The maximum atomic E-state index is 12.0. The summed E-state index contributed by atoms with van der Waals surface area (Å²) in [6.45, 7) is 4.00. The molecule has 0 aliphatic rings. The van der Waals surface area contributed by atoms with Crippen LogP contribution in [0.15, 0.2) is 51.7 Å². The summed E-state index contributed by atoms with van der Waals surface area (Å²) < 4.78 is 5.53. The summed E-state index contributed by atoms with van der Waals surface area (Å²) in [5.41, 5.74) is 0.287. The zero-order valence-corrected chi connectivity index (χ0v) is 12.2. The first-order chi connectivity index (χ1) is 10.5. The van der Waals surface area contributed by atoms with E-state index in [-0.39, 0.29) is 34.0 Å². The van der Waals surface area contributed by atoms with Crippen LogP contribution in [0.4, 0.5) is 0 Å². The second-order valence-corrected chi connectivity index (χ2v) is 4.36. The predicted molar refractivity (Wildman–Crippen MR) is 84.3 cm³/mol. The maximum Gasteiger partial charge on any atom is 0.197 e. The van der Waals surface area contributed by atoms with Gasteiger partial charge in [-0.05, 0) is 24.3 Å². The molecule has 0 spiro atoms. The molecular formula is C17H16O5. The molecule has 2 aromatic carbocycles. The van der Waals surface area contributed by atoms with Crippen molar-refractivity contribution >= 4 is 11.0 Å². The summed E-state index contributed by atoms with van der Waals surface area (Å²) in [4.78, 5) is 12.0. The highest BCUT2D eigenvalue weighted by atomic mass is 16.3. The van der Waals surface area contributed by atoms with Gasteiger partial charge in [-0.2, -0.15) is 0 Å². The molecule has 0 atom stereocenters. The first-order valence-electron chi connectivity index (χ1n) is 6.84. The van der Waals surface area contributed by atoms with E-state index in [1.807, 2.05) is 13.8 Å². The number of phenolic OH excluding ortho intramolecular Hbond substituents is 3. The van der Waals surface area contributed by atoms with Crippen LogP contribution in [0, 0.1) is 0 Å².